The Morgan fingerprint density at radius 1 is 1.11 bits per heavy atom. The van der Waals surface area contributed by atoms with E-state index < -0.39 is 99.1 Å². The van der Waals surface area contributed by atoms with Crippen molar-refractivity contribution >= 4 is 50.7 Å². The molecule has 2 saturated carbocycles. The van der Waals surface area contributed by atoms with Crippen molar-refractivity contribution in [2.24, 2.45) is 17.8 Å². The van der Waals surface area contributed by atoms with Crippen LogP contribution in [0.4, 0.5) is 28.3 Å². The van der Waals surface area contributed by atoms with Gasteiger partial charge in [-0.3, -0.25) is 24.0 Å². The number of halogens is 4. The van der Waals surface area contributed by atoms with Crippen LogP contribution in [0, 0.1) is 17.8 Å². The van der Waals surface area contributed by atoms with E-state index in [1.165, 1.54) is 14.0 Å². The molecule has 4 amide bonds. The zero-order valence-electron chi connectivity index (χ0n) is 35.1. The van der Waals surface area contributed by atoms with Gasteiger partial charge in [-0.05, 0) is 76.3 Å². The third-order valence-corrected chi connectivity index (χ3v) is 14.7. The number of carboxylic acid groups (broad SMARTS) is 1. The van der Waals surface area contributed by atoms with Crippen molar-refractivity contribution in [3.05, 3.63) is 30.4 Å². The number of ether oxygens (including phenoxy) is 2. The van der Waals surface area contributed by atoms with Gasteiger partial charge in [-0.25, -0.2) is 22.6 Å². The Bertz CT molecular complexity index is 2200. The lowest BCUT2D eigenvalue weighted by atomic mass is 9.85. The molecule has 3 heterocycles. The van der Waals surface area contributed by atoms with Crippen LogP contribution in [0.3, 0.4) is 0 Å². The van der Waals surface area contributed by atoms with Crippen LogP contribution in [0.2, 0.25) is 0 Å². The molecule has 7 atom stereocenters. The molecule has 0 bridgehead atoms. The molecule has 336 valence electrons. The number of hydrogen-bond acceptors (Lipinski definition) is 11. The van der Waals surface area contributed by atoms with E-state index in [0.717, 1.165) is 4.90 Å². The van der Waals surface area contributed by atoms with E-state index in [1.54, 1.807) is 49.3 Å². The van der Waals surface area contributed by atoms with Crippen LogP contribution >= 0.6 is 0 Å². The van der Waals surface area contributed by atoms with Gasteiger partial charge in [0.2, 0.25) is 33.7 Å². The van der Waals surface area contributed by atoms with Crippen LogP contribution in [0.25, 0.3) is 10.9 Å². The van der Waals surface area contributed by atoms with Crippen LogP contribution in [0.15, 0.2) is 30.4 Å². The summed E-state index contributed by atoms with van der Waals surface area (Å²) in [5, 5.41) is 13.6. The molecule has 4 aliphatic rings. The summed E-state index contributed by atoms with van der Waals surface area (Å²) in [6.07, 6.45) is -4.16. The second kappa shape index (κ2) is 16.4. The maximum absolute atomic E-state index is 15.1. The first-order valence-electron chi connectivity index (χ1n) is 20.1. The van der Waals surface area contributed by atoms with Gasteiger partial charge in [0.15, 0.2) is 0 Å². The number of allylic oxidation sites excluding steroid dienone is 1. The Hall–Kier alpha value is -4.95. The number of methoxy groups -OCH3 is 1. The maximum atomic E-state index is 15.1. The minimum atomic E-state index is -5.13. The van der Waals surface area contributed by atoms with E-state index in [-0.39, 0.29) is 54.8 Å². The molecule has 2 aliphatic heterocycles. The van der Waals surface area contributed by atoms with E-state index in [0.29, 0.717) is 43.3 Å². The zero-order chi connectivity index (χ0) is 45.0. The molecule has 3 N–H and O–H groups in total. The van der Waals surface area contributed by atoms with Crippen molar-refractivity contribution < 1.29 is 59.7 Å². The summed E-state index contributed by atoms with van der Waals surface area (Å²) in [5.74, 6) is -4.37. The van der Waals surface area contributed by atoms with Gasteiger partial charge in [0.25, 0.3) is 5.91 Å². The van der Waals surface area contributed by atoms with E-state index >= 15 is 4.79 Å². The molecule has 1 aromatic heterocycles. The minimum Gasteiger partial charge on any atom is -0.497 e. The van der Waals surface area contributed by atoms with Gasteiger partial charge in [0, 0.05) is 32.5 Å². The Balaban J connectivity index is 1.45. The van der Waals surface area contributed by atoms with Crippen LogP contribution in [0.1, 0.15) is 72.6 Å². The summed E-state index contributed by atoms with van der Waals surface area (Å²) in [5.41, 5.74) is -4.51. The molecular formula is C40H53F4N7O9S. The number of rotatable bonds is 10. The second-order valence-corrected chi connectivity index (χ2v) is 19.7. The standard InChI is InChI=1S/C40H53F4N7O9S/c1-22-10-8-9-11-24-19-39(24,34(54)48-61(57,58)38(21-41)14-15-38)47-31(52)29-18-26(60-32-27-13-12-25(59-7)17-28(27)45-35(46-32)49(5)6)20-50(29)33(53)30(23(2)16-22)51(36(55)56)37(3,4)40(42,43)44/h9,11-13,17,22-24,26,29-30H,8,10,14-16,18-21H2,1-7H3,(H,47,52)(H,48,54)(H,55,56)/t22-,23-,24-,26-,29+,30+,39-/m1/s1. The lowest BCUT2D eigenvalue weighted by Gasteiger charge is -2.45. The molecule has 61 heavy (non-hydrogen) atoms. The predicted molar refractivity (Wildman–Crippen MR) is 214 cm³/mol. The molecule has 1 saturated heterocycles. The van der Waals surface area contributed by atoms with Crippen LogP contribution in [-0.2, 0) is 24.4 Å². The van der Waals surface area contributed by atoms with Crippen molar-refractivity contribution in [3.8, 4) is 11.6 Å². The normalized spacial score (nSPS) is 28.1. The average molecular weight is 884 g/mol. The van der Waals surface area contributed by atoms with Gasteiger partial charge in [-0.1, -0.05) is 26.0 Å². The van der Waals surface area contributed by atoms with Crippen molar-refractivity contribution in [2.45, 2.75) is 113 Å². The van der Waals surface area contributed by atoms with E-state index in [4.69, 9.17) is 9.47 Å². The fraction of sp³-hybridized carbons (Fsp3) is 0.650. The fourth-order valence-corrected chi connectivity index (χ4v) is 9.81. The van der Waals surface area contributed by atoms with Gasteiger partial charge >= 0.3 is 12.3 Å². The number of benzene rings is 1. The third kappa shape index (κ3) is 8.62. The highest BCUT2D eigenvalue weighted by Gasteiger charge is 2.64. The molecule has 2 aliphatic carbocycles. The number of alkyl halides is 4. The van der Waals surface area contributed by atoms with Gasteiger partial charge in [-0.15, -0.1) is 0 Å². The zero-order valence-corrected chi connectivity index (χ0v) is 35.9. The van der Waals surface area contributed by atoms with Gasteiger partial charge in [0.1, 0.15) is 46.4 Å². The van der Waals surface area contributed by atoms with Gasteiger partial charge in [-0.2, -0.15) is 18.2 Å². The first kappa shape index (κ1) is 45.6. The lowest BCUT2D eigenvalue weighted by Crippen LogP contribution is -2.66. The fourth-order valence-electron chi connectivity index (χ4n) is 8.38. The molecule has 3 fully saturated rings. The number of nitrogens with zero attached hydrogens (tertiary/aromatic N) is 5. The number of carbonyl (C=O) groups excluding carboxylic acids is 3. The number of hydrogen-bond donors (Lipinski definition) is 3. The predicted octanol–water partition coefficient (Wildman–Crippen LogP) is 4.58. The quantitative estimate of drug-likeness (QED) is 0.222. The molecule has 1 aromatic carbocycles. The Morgan fingerprint density at radius 3 is 2.39 bits per heavy atom. The lowest BCUT2D eigenvalue weighted by molar-refractivity contribution is -0.222. The van der Waals surface area contributed by atoms with E-state index in [9.17, 15) is 45.5 Å². The molecule has 0 unspecified atom stereocenters. The van der Waals surface area contributed by atoms with E-state index in [1.807, 2.05) is 11.6 Å². The monoisotopic (exact) mass is 883 g/mol. The number of anilines is 1. The Labute approximate surface area is 351 Å². The Kier molecular flexibility index (Phi) is 12.2. The summed E-state index contributed by atoms with van der Waals surface area (Å²) in [4.78, 5) is 68.5. The average Bonchev–Trinajstić information content (AvgIpc) is 4.08. The molecule has 0 radical (unpaired) electrons. The van der Waals surface area contributed by atoms with E-state index in [2.05, 4.69) is 15.3 Å². The summed E-state index contributed by atoms with van der Waals surface area (Å²) >= 11 is 0. The first-order valence-corrected chi connectivity index (χ1v) is 21.6. The SMILES string of the molecule is COc1ccc2c(O[C@@H]3C[C@H]4C(=O)N[C@]5(C(=O)NS(=O)(=O)C6(CF)CC6)C[C@H]5C=CCC[C@@H](C)C[C@@H](C)[C@H](N(C(=O)O)C(C)(C)C(F)(F)F)C(=O)N4C3)nc(N(C)C)nc2c1. The number of fused-ring (bicyclic) bond motifs is 3. The first-order chi connectivity index (χ1) is 28.4. The summed E-state index contributed by atoms with van der Waals surface area (Å²) in [6.45, 7) is 3.00. The molecule has 16 nitrogen and oxygen atoms in total. The highest BCUT2D eigenvalue weighted by atomic mass is 32.2. The summed E-state index contributed by atoms with van der Waals surface area (Å²) < 4.78 is 96.6. The topological polar surface area (TPSA) is 201 Å². The highest BCUT2D eigenvalue weighted by Crippen LogP contribution is 2.48. The maximum Gasteiger partial charge on any atom is 0.411 e. The van der Waals surface area contributed by atoms with Crippen LogP contribution < -0.4 is 24.4 Å². The smallest absolute Gasteiger partial charge is 0.411 e. The Morgan fingerprint density at radius 2 is 1.80 bits per heavy atom. The number of carbonyl (C=O) groups is 4. The number of amides is 4. The molecule has 2 aromatic rings. The van der Waals surface area contributed by atoms with Gasteiger partial charge < -0.3 is 29.7 Å². The largest absolute Gasteiger partial charge is 0.497 e. The van der Waals surface area contributed by atoms with Crippen molar-refractivity contribution in [1.29, 1.82) is 0 Å². The minimum absolute atomic E-state index is 0.00316. The third-order valence-electron chi connectivity index (χ3n) is 12.5. The molecule has 0 spiro atoms. The second-order valence-electron chi connectivity index (χ2n) is 17.6. The molecular weight excluding hydrogens is 831 g/mol. The summed E-state index contributed by atoms with van der Waals surface area (Å²) in [7, 11) is 0.344. The summed E-state index contributed by atoms with van der Waals surface area (Å²) in [6, 6.07) is 1.41. The molecule has 21 heteroatoms. The number of aromatic nitrogens is 2. The van der Waals surface area contributed by atoms with Crippen molar-refractivity contribution in [2.75, 3.05) is 39.3 Å². The van der Waals surface area contributed by atoms with Crippen LogP contribution in [0.5, 0.6) is 11.6 Å². The van der Waals surface area contributed by atoms with Crippen molar-refractivity contribution in [3.63, 3.8) is 0 Å². The highest BCUT2D eigenvalue weighted by molar-refractivity contribution is 7.91. The van der Waals surface area contributed by atoms with Crippen LogP contribution in [-0.4, -0.2) is 132 Å². The van der Waals surface area contributed by atoms with Gasteiger partial charge in [0.05, 0.1) is 24.6 Å². The number of nitrogens with one attached hydrogen (secondary N) is 2. The van der Waals surface area contributed by atoms with Crippen molar-refractivity contribution in [1.82, 2.24) is 29.8 Å². The number of sulfonamides is 1. The molecule has 6 rings (SSSR count).